The average Bonchev–Trinajstić information content (AvgIpc) is 2.86. The number of sulfone groups is 1. The standard InChI is InChI=1S/C15H20F3N3O3S.HI/c1-19-14(20-8-11-6-7-25(22,23)10-11)21-9-12-4-2-3-5-13(12)24-15(16,17)18;/h2-5,11H,6-10H2,1H3,(H2,19,20,21);1H. The third-order valence-electron chi connectivity index (χ3n) is 3.75. The summed E-state index contributed by atoms with van der Waals surface area (Å²) in [4.78, 5) is 3.99. The minimum absolute atomic E-state index is 0. The molecule has 0 radical (unpaired) electrons. The molecule has 26 heavy (non-hydrogen) atoms. The predicted molar refractivity (Wildman–Crippen MR) is 104 cm³/mol. The van der Waals surface area contributed by atoms with Gasteiger partial charge in [0.2, 0.25) is 0 Å². The first-order valence-electron chi connectivity index (χ1n) is 7.67. The predicted octanol–water partition coefficient (Wildman–Crippen LogP) is 2.30. The second-order valence-corrected chi connectivity index (χ2v) is 7.96. The quantitative estimate of drug-likeness (QED) is 0.364. The molecule has 148 valence electrons. The smallest absolute Gasteiger partial charge is 0.405 e. The molecule has 1 saturated heterocycles. The van der Waals surface area contributed by atoms with Crippen molar-refractivity contribution in [2.45, 2.75) is 19.3 Å². The SMILES string of the molecule is CN=C(NCc1ccccc1OC(F)(F)F)NCC1CCS(=O)(=O)C1.I. The van der Waals surface area contributed by atoms with Crippen LogP contribution in [-0.2, 0) is 16.4 Å². The Bertz CT molecular complexity index is 726. The van der Waals surface area contributed by atoms with Crippen molar-refractivity contribution in [2.24, 2.45) is 10.9 Å². The normalized spacial score (nSPS) is 19.5. The molecule has 0 amide bonds. The summed E-state index contributed by atoms with van der Waals surface area (Å²) >= 11 is 0. The largest absolute Gasteiger partial charge is 0.573 e. The molecule has 0 aliphatic carbocycles. The highest BCUT2D eigenvalue weighted by atomic mass is 127. The molecule has 0 spiro atoms. The van der Waals surface area contributed by atoms with Crippen molar-refractivity contribution in [2.75, 3.05) is 25.1 Å². The fraction of sp³-hybridized carbons (Fsp3) is 0.533. The van der Waals surface area contributed by atoms with Gasteiger partial charge in [0.1, 0.15) is 5.75 Å². The third-order valence-corrected chi connectivity index (χ3v) is 5.59. The van der Waals surface area contributed by atoms with Crippen molar-refractivity contribution in [3.8, 4) is 5.75 Å². The van der Waals surface area contributed by atoms with Crippen LogP contribution in [0, 0.1) is 5.92 Å². The van der Waals surface area contributed by atoms with Crippen LogP contribution in [0.5, 0.6) is 5.75 Å². The van der Waals surface area contributed by atoms with Gasteiger partial charge in [0.05, 0.1) is 11.5 Å². The zero-order chi connectivity index (χ0) is 18.5. The first-order chi connectivity index (χ1) is 11.7. The number of hydrogen-bond acceptors (Lipinski definition) is 4. The molecule has 2 N–H and O–H groups in total. The zero-order valence-corrected chi connectivity index (χ0v) is 17.2. The van der Waals surface area contributed by atoms with E-state index in [0.29, 0.717) is 24.5 Å². The molecule has 1 heterocycles. The van der Waals surface area contributed by atoms with Crippen molar-refractivity contribution >= 4 is 39.8 Å². The van der Waals surface area contributed by atoms with E-state index in [1.54, 1.807) is 6.07 Å². The average molecular weight is 507 g/mol. The molecule has 1 atom stereocenters. The molecule has 11 heteroatoms. The van der Waals surface area contributed by atoms with Crippen molar-refractivity contribution in [1.82, 2.24) is 10.6 Å². The Balaban J connectivity index is 0.00000338. The van der Waals surface area contributed by atoms with Crippen LogP contribution in [0.3, 0.4) is 0 Å². The van der Waals surface area contributed by atoms with E-state index in [0.717, 1.165) is 0 Å². The van der Waals surface area contributed by atoms with Gasteiger partial charge in [-0.2, -0.15) is 0 Å². The van der Waals surface area contributed by atoms with Crippen LogP contribution in [0.25, 0.3) is 0 Å². The number of ether oxygens (including phenoxy) is 1. The Morgan fingerprint density at radius 2 is 2.00 bits per heavy atom. The van der Waals surface area contributed by atoms with Crippen LogP contribution in [0.2, 0.25) is 0 Å². The van der Waals surface area contributed by atoms with Crippen LogP contribution < -0.4 is 15.4 Å². The lowest BCUT2D eigenvalue weighted by Crippen LogP contribution is -2.39. The van der Waals surface area contributed by atoms with E-state index in [9.17, 15) is 21.6 Å². The summed E-state index contributed by atoms with van der Waals surface area (Å²) in [6.45, 7) is 0.508. The Kier molecular flexibility index (Phi) is 8.44. The molecular weight excluding hydrogens is 486 g/mol. The maximum absolute atomic E-state index is 12.4. The van der Waals surface area contributed by atoms with Crippen LogP contribution in [0.4, 0.5) is 13.2 Å². The van der Waals surface area contributed by atoms with Crippen LogP contribution in [0.1, 0.15) is 12.0 Å². The second kappa shape index (κ2) is 9.62. The number of hydrogen-bond donors (Lipinski definition) is 2. The third kappa shape index (κ3) is 7.56. The van der Waals surface area contributed by atoms with Crippen LogP contribution in [-0.4, -0.2) is 45.8 Å². The van der Waals surface area contributed by atoms with E-state index in [1.165, 1.54) is 25.2 Å². The molecule has 1 fully saturated rings. The summed E-state index contributed by atoms with van der Waals surface area (Å²) < 4.78 is 64.1. The number of rotatable bonds is 5. The van der Waals surface area contributed by atoms with Crippen molar-refractivity contribution < 1.29 is 26.3 Å². The maximum atomic E-state index is 12.4. The number of benzene rings is 1. The molecule has 1 aliphatic rings. The van der Waals surface area contributed by atoms with E-state index >= 15 is 0 Å². The summed E-state index contributed by atoms with van der Waals surface area (Å²) in [7, 11) is -1.43. The lowest BCUT2D eigenvalue weighted by atomic mass is 10.1. The Hall–Kier alpha value is -1.24. The highest BCUT2D eigenvalue weighted by Gasteiger charge is 2.32. The summed E-state index contributed by atoms with van der Waals surface area (Å²) in [5.41, 5.74) is 0.325. The fourth-order valence-corrected chi connectivity index (χ4v) is 4.41. The van der Waals surface area contributed by atoms with Gasteiger partial charge in [0.15, 0.2) is 15.8 Å². The molecule has 0 bridgehead atoms. The lowest BCUT2D eigenvalue weighted by molar-refractivity contribution is -0.274. The molecule has 0 aromatic heterocycles. The van der Waals surface area contributed by atoms with E-state index in [-0.39, 0.29) is 53.7 Å². The number of halogens is 4. The number of alkyl halides is 3. The van der Waals surface area contributed by atoms with Gasteiger partial charge < -0.3 is 15.4 Å². The highest BCUT2D eigenvalue weighted by Crippen LogP contribution is 2.26. The number of guanidine groups is 1. The fourth-order valence-electron chi connectivity index (χ4n) is 2.55. The molecule has 6 nitrogen and oxygen atoms in total. The van der Waals surface area contributed by atoms with E-state index in [1.807, 2.05) is 0 Å². The number of aliphatic imine (C=N–C) groups is 1. The van der Waals surface area contributed by atoms with Crippen molar-refractivity contribution in [3.63, 3.8) is 0 Å². The lowest BCUT2D eigenvalue weighted by Gasteiger charge is -2.16. The van der Waals surface area contributed by atoms with Crippen LogP contribution in [0.15, 0.2) is 29.3 Å². The molecule has 2 rings (SSSR count). The summed E-state index contributed by atoms with van der Waals surface area (Å²) in [6.07, 6.45) is -4.17. The van der Waals surface area contributed by atoms with Crippen molar-refractivity contribution in [3.05, 3.63) is 29.8 Å². The van der Waals surface area contributed by atoms with Gasteiger partial charge in [-0.15, -0.1) is 37.1 Å². The van der Waals surface area contributed by atoms with Crippen molar-refractivity contribution in [1.29, 1.82) is 0 Å². The second-order valence-electron chi connectivity index (χ2n) is 5.73. The summed E-state index contributed by atoms with van der Waals surface area (Å²) in [6, 6.07) is 5.83. The van der Waals surface area contributed by atoms with Gasteiger partial charge in [-0.05, 0) is 18.4 Å². The number of para-hydroxylation sites is 1. The Morgan fingerprint density at radius 3 is 2.58 bits per heavy atom. The Morgan fingerprint density at radius 1 is 1.31 bits per heavy atom. The molecule has 1 aromatic carbocycles. The van der Waals surface area contributed by atoms with Crippen LogP contribution >= 0.6 is 24.0 Å². The molecular formula is C15H21F3IN3O3S. The molecule has 1 unspecified atom stereocenters. The minimum Gasteiger partial charge on any atom is -0.405 e. The monoisotopic (exact) mass is 507 g/mol. The van der Waals surface area contributed by atoms with E-state index in [4.69, 9.17) is 0 Å². The Labute approximate surface area is 167 Å². The van der Waals surface area contributed by atoms with E-state index in [2.05, 4.69) is 20.4 Å². The molecule has 1 aliphatic heterocycles. The van der Waals surface area contributed by atoms with Gasteiger partial charge in [0, 0.05) is 25.7 Å². The number of nitrogens with one attached hydrogen (secondary N) is 2. The van der Waals surface area contributed by atoms with Gasteiger partial charge in [0.25, 0.3) is 0 Å². The van der Waals surface area contributed by atoms with Gasteiger partial charge >= 0.3 is 6.36 Å². The number of nitrogens with zero attached hydrogens (tertiary/aromatic N) is 1. The van der Waals surface area contributed by atoms with Gasteiger partial charge in [-0.25, -0.2) is 8.42 Å². The first-order valence-corrected chi connectivity index (χ1v) is 9.49. The topological polar surface area (TPSA) is 79.8 Å². The maximum Gasteiger partial charge on any atom is 0.573 e. The summed E-state index contributed by atoms with van der Waals surface area (Å²) in [5, 5.41) is 5.90. The first kappa shape index (κ1) is 22.8. The van der Waals surface area contributed by atoms with E-state index < -0.39 is 16.2 Å². The minimum atomic E-state index is -4.76. The highest BCUT2D eigenvalue weighted by molar-refractivity contribution is 14.0. The molecule has 0 saturated carbocycles. The zero-order valence-electron chi connectivity index (χ0n) is 14.0. The summed E-state index contributed by atoms with van der Waals surface area (Å²) in [5.74, 6) is 0.433. The molecule has 1 aromatic rings. The van der Waals surface area contributed by atoms with Gasteiger partial charge in [-0.3, -0.25) is 4.99 Å². The van der Waals surface area contributed by atoms with Gasteiger partial charge in [-0.1, -0.05) is 18.2 Å².